The second-order valence-electron chi connectivity index (χ2n) is 8.68. The van der Waals surface area contributed by atoms with Crippen LogP contribution in [-0.2, 0) is 13.1 Å². The minimum Gasteiger partial charge on any atom is -0.440 e. The molecule has 0 aliphatic carbocycles. The predicted molar refractivity (Wildman–Crippen MR) is 129 cm³/mol. The Labute approximate surface area is 195 Å². The SMILES string of the molecule is Cc1c(N2Cc3ccccc3C2)oc2c(C(C)Nc3ccccc3C(O)O)cc(F)cc2c1=O. The first-order chi connectivity index (χ1) is 16.3. The summed E-state index contributed by atoms with van der Waals surface area (Å²) < 4.78 is 20.9. The summed E-state index contributed by atoms with van der Waals surface area (Å²) in [6.07, 6.45) is -1.66. The normalized spacial score (nSPS) is 14.0. The molecule has 6 nitrogen and oxygen atoms in total. The number of para-hydroxylation sites is 1. The third-order valence-corrected chi connectivity index (χ3v) is 6.39. The fourth-order valence-corrected chi connectivity index (χ4v) is 4.63. The maximum Gasteiger partial charge on any atom is 0.203 e. The van der Waals surface area contributed by atoms with Crippen LogP contribution >= 0.6 is 0 Å². The molecule has 1 aromatic heterocycles. The molecule has 0 spiro atoms. The van der Waals surface area contributed by atoms with Crippen molar-refractivity contribution in [1.29, 1.82) is 0 Å². The van der Waals surface area contributed by atoms with Gasteiger partial charge in [0.25, 0.3) is 0 Å². The molecule has 5 rings (SSSR count). The number of rotatable bonds is 5. The quantitative estimate of drug-likeness (QED) is 0.367. The van der Waals surface area contributed by atoms with Gasteiger partial charge in [-0.15, -0.1) is 0 Å². The summed E-state index contributed by atoms with van der Waals surface area (Å²) in [5.74, 6) is -0.0698. The van der Waals surface area contributed by atoms with E-state index in [0.29, 0.717) is 46.9 Å². The standard InChI is InChI=1S/C27H25FN2O4/c1-15-24(31)22-12-19(28)11-21(16(2)29-23-10-6-5-9-20(23)27(32)33)25(22)34-26(15)30-13-17-7-3-4-8-18(17)14-30/h3-12,16,27,29,32-33H,13-14H2,1-2H3. The lowest BCUT2D eigenvalue weighted by Crippen LogP contribution is -2.20. The van der Waals surface area contributed by atoms with Crippen molar-refractivity contribution in [1.82, 2.24) is 0 Å². The first-order valence-corrected chi connectivity index (χ1v) is 11.1. The first kappa shape index (κ1) is 22.1. The summed E-state index contributed by atoms with van der Waals surface area (Å²) in [4.78, 5) is 15.3. The van der Waals surface area contributed by atoms with Gasteiger partial charge in [0, 0.05) is 29.9 Å². The number of hydrogen-bond acceptors (Lipinski definition) is 6. The summed E-state index contributed by atoms with van der Waals surface area (Å²) in [6.45, 7) is 4.75. The van der Waals surface area contributed by atoms with Crippen molar-refractivity contribution >= 4 is 22.5 Å². The first-order valence-electron chi connectivity index (χ1n) is 11.1. The van der Waals surface area contributed by atoms with E-state index in [-0.39, 0.29) is 10.8 Å². The second kappa shape index (κ2) is 8.59. The van der Waals surface area contributed by atoms with Crippen molar-refractivity contribution in [2.75, 3.05) is 10.2 Å². The van der Waals surface area contributed by atoms with E-state index >= 15 is 0 Å². The average Bonchev–Trinajstić information content (AvgIpc) is 3.25. The van der Waals surface area contributed by atoms with E-state index in [4.69, 9.17) is 4.42 Å². The van der Waals surface area contributed by atoms with Crippen LogP contribution in [0.15, 0.2) is 69.9 Å². The molecule has 3 aromatic carbocycles. The molecule has 0 saturated heterocycles. The molecule has 4 aromatic rings. The molecule has 0 bridgehead atoms. The Bertz CT molecular complexity index is 1420. The molecule has 7 heteroatoms. The topological polar surface area (TPSA) is 85.9 Å². The number of hydrogen-bond donors (Lipinski definition) is 3. The van der Waals surface area contributed by atoms with Crippen molar-refractivity contribution in [2.45, 2.75) is 39.3 Å². The van der Waals surface area contributed by atoms with Crippen LogP contribution in [0, 0.1) is 12.7 Å². The number of fused-ring (bicyclic) bond motifs is 2. The number of anilines is 2. The monoisotopic (exact) mass is 460 g/mol. The van der Waals surface area contributed by atoms with Crippen molar-refractivity contribution in [3.05, 3.63) is 105 Å². The van der Waals surface area contributed by atoms with Crippen LogP contribution in [0.2, 0.25) is 0 Å². The average molecular weight is 461 g/mol. The number of aliphatic hydroxyl groups is 2. The third-order valence-electron chi connectivity index (χ3n) is 6.39. The highest BCUT2D eigenvalue weighted by molar-refractivity contribution is 5.83. The van der Waals surface area contributed by atoms with Gasteiger partial charge in [-0.05, 0) is 43.2 Å². The van der Waals surface area contributed by atoms with E-state index in [1.807, 2.05) is 17.0 Å². The number of halogens is 1. The fraction of sp³-hybridized carbons (Fsp3) is 0.222. The molecule has 1 atom stereocenters. The van der Waals surface area contributed by atoms with E-state index in [1.54, 1.807) is 38.1 Å². The fourth-order valence-electron chi connectivity index (χ4n) is 4.63. The van der Waals surface area contributed by atoms with Gasteiger partial charge < -0.3 is 24.8 Å². The smallest absolute Gasteiger partial charge is 0.203 e. The van der Waals surface area contributed by atoms with Crippen LogP contribution in [0.25, 0.3) is 11.0 Å². The van der Waals surface area contributed by atoms with Gasteiger partial charge in [0.2, 0.25) is 5.88 Å². The lowest BCUT2D eigenvalue weighted by Gasteiger charge is -2.22. The van der Waals surface area contributed by atoms with Gasteiger partial charge in [0.1, 0.15) is 11.4 Å². The van der Waals surface area contributed by atoms with Gasteiger partial charge in [-0.1, -0.05) is 42.5 Å². The molecule has 1 aliphatic heterocycles. The van der Waals surface area contributed by atoms with Crippen LogP contribution in [0.1, 0.15) is 47.1 Å². The molecule has 1 aliphatic rings. The minimum absolute atomic E-state index is 0.178. The van der Waals surface area contributed by atoms with Crippen LogP contribution in [0.4, 0.5) is 16.0 Å². The van der Waals surface area contributed by atoms with Crippen LogP contribution in [0.3, 0.4) is 0 Å². The largest absolute Gasteiger partial charge is 0.440 e. The second-order valence-corrected chi connectivity index (χ2v) is 8.68. The minimum atomic E-state index is -1.66. The predicted octanol–water partition coefficient (Wildman–Crippen LogP) is 4.92. The van der Waals surface area contributed by atoms with Gasteiger partial charge >= 0.3 is 0 Å². The maximum atomic E-state index is 14.6. The molecule has 3 N–H and O–H groups in total. The van der Waals surface area contributed by atoms with Crippen molar-refractivity contribution in [2.24, 2.45) is 0 Å². The lowest BCUT2D eigenvalue weighted by molar-refractivity contribution is -0.0419. The molecular weight excluding hydrogens is 435 g/mol. The van der Waals surface area contributed by atoms with Gasteiger partial charge in [-0.25, -0.2) is 4.39 Å². The molecule has 1 unspecified atom stereocenters. The number of nitrogens with one attached hydrogen (secondary N) is 1. The Balaban J connectivity index is 1.60. The van der Waals surface area contributed by atoms with Gasteiger partial charge in [-0.2, -0.15) is 0 Å². The van der Waals surface area contributed by atoms with Crippen molar-refractivity contribution in [3.63, 3.8) is 0 Å². The Kier molecular flexibility index (Phi) is 5.59. The molecule has 0 fully saturated rings. The summed E-state index contributed by atoms with van der Waals surface area (Å²) in [6, 6.07) is 16.9. The van der Waals surface area contributed by atoms with Gasteiger partial charge in [0.15, 0.2) is 11.7 Å². The van der Waals surface area contributed by atoms with E-state index in [1.165, 1.54) is 23.3 Å². The molecule has 0 amide bonds. The zero-order valence-corrected chi connectivity index (χ0v) is 18.9. The van der Waals surface area contributed by atoms with Crippen molar-refractivity contribution < 1.29 is 19.0 Å². The van der Waals surface area contributed by atoms with Crippen LogP contribution in [-0.4, -0.2) is 10.2 Å². The molecule has 0 radical (unpaired) electrons. The number of nitrogens with zero attached hydrogens (tertiary/aromatic N) is 1. The third kappa shape index (κ3) is 3.83. The van der Waals surface area contributed by atoms with E-state index in [9.17, 15) is 19.4 Å². The Hall–Kier alpha value is -3.68. The van der Waals surface area contributed by atoms with Gasteiger partial charge in [-0.3, -0.25) is 4.79 Å². The molecular formula is C27H25FN2O4. The number of aliphatic hydroxyl groups excluding tert-OH is 1. The summed E-state index contributed by atoms with van der Waals surface area (Å²) in [5.41, 5.74) is 4.08. The molecule has 174 valence electrons. The van der Waals surface area contributed by atoms with Gasteiger partial charge in [0.05, 0.1) is 17.0 Å². The maximum absolute atomic E-state index is 14.6. The van der Waals surface area contributed by atoms with Crippen LogP contribution in [0.5, 0.6) is 0 Å². The summed E-state index contributed by atoms with van der Waals surface area (Å²) in [5, 5.41) is 22.8. The van der Waals surface area contributed by atoms with E-state index < -0.39 is 18.1 Å². The summed E-state index contributed by atoms with van der Waals surface area (Å²) in [7, 11) is 0. The zero-order valence-electron chi connectivity index (χ0n) is 18.9. The lowest BCUT2D eigenvalue weighted by atomic mass is 10.0. The van der Waals surface area contributed by atoms with E-state index in [0.717, 1.165) is 0 Å². The molecule has 34 heavy (non-hydrogen) atoms. The van der Waals surface area contributed by atoms with Crippen LogP contribution < -0.4 is 15.6 Å². The summed E-state index contributed by atoms with van der Waals surface area (Å²) >= 11 is 0. The number of benzene rings is 3. The Morgan fingerprint density at radius 3 is 2.32 bits per heavy atom. The Morgan fingerprint density at radius 2 is 1.65 bits per heavy atom. The highest BCUT2D eigenvalue weighted by Crippen LogP contribution is 2.35. The highest BCUT2D eigenvalue weighted by atomic mass is 19.1. The van der Waals surface area contributed by atoms with Crippen molar-refractivity contribution in [3.8, 4) is 0 Å². The Morgan fingerprint density at radius 1 is 1.00 bits per heavy atom. The molecule has 2 heterocycles. The highest BCUT2D eigenvalue weighted by Gasteiger charge is 2.26. The molecule has 0 saturated carbocycles. The zero-order chi connectivity index (χ0) is 24.0. The van der Waals surface area contributed by atoms with E-state index in [2.05, 4.69) is 17.4 Å².